The second-order valence-electron chi connectivity index (χ2n) is 4.30. The molecule has 0 aromatic heterocycles. The van der Waals surface area contributed by atoms with Gasteiger partial charge in [-0.2, -0.15) is 0 Å². The predicted molar refractivity (Wildman–Crippen MR) is 77.8 cm³/mol. The van der Waals surface area contributed by atoms with Gasteiger partial charge in [-0.1, -0.05) is 61.5 Å². The van der Waals surface area contributed by atoms with Crippen LogP contribution in [0.3, 0.4) is 0 Å². The van der Waals surface area contributed by atoms with E-state index in [2.05, 4.69) is 0 Å². The summed E-state index contributed by atoms with van der Waals surface area (Å²) in [7, 11) is 0. The standard InChI is InChI=1S/C16H14O2.CH4/c1-11-7-9-13(10-8-11)16(18)15-6-4-3-5-14(15)12(2)17;/h3-10H,1-2H3;1H4. The smallest absolute Gasteiger partial charge is 0.193 e. The van der Waals surface area contributed by atoms with Crippen LogP contribution in [0, 0.1) is 6.92 Å². The third-order valence-electron chi connectivity index (χ3n) is 2.86. The van der Waals surface area contributed by atoms with E-state index in [1.165, 1.54) is 6.92 Å². The van der Waals surface area contributed by atoms with Crippen molar-refractivity contribution in [2.24, 2.45) is 0 Å². The number of ketones is 2. The summed E-state index contributed by atoms with van der Waals surface area (Å²) in [4.78, 5) is 23.8. The largest absolute Gasteiger partial charge is 0.294 e. The summed E-state index contributed by atoms with van der Waals surface area (Å²) in [6.07, 6.45) is 0. The Balaban J connectivity index is 0.00000180. The molecule has 0 aliphatic carbocycles. The molecule has 0 amide bonds. The number of carbonyl (C=O) groups is 2. The van der Waals surface area contributed by atoms with Crippen molar-refractivity contribution in [3.8, 4) is 0 Å². The maximum Gasteiger partial charge on any atom is 0.193 e. The third-order valence-corrected chi connectivity index (χ3v) is 2.86. The number of rotatable bonds is 3. The van der Waals surface area contributed by atoms with E-state index >= 15 is 0 Å². The van der Waals surface area contributed by atoms with E-state index in [0.717, 1.165) is 5.56 Å². The minimum Gasteiger partial charge on any atom is -0.294 e. The second-order valence-corrected chi connectivity index (χ2v) is 4.30. The van der Waals surface area contributed by atoms with Gasteiger partial charge in [0.05, 0.1) is 0 Å². The quantitative estimate of drug-likeness (QED) is 0.774. The van der Waals surface area contributed by atoms with Gasteiger partial charge in [-0.25, -0.2) is 0 Å². The van der Waals surface area contributed by atoms with Crippen molar-refractivity contribution in [1.29, 1.82) is 0 Å². The van der Waals surface area contributed by atoms with Crippen molar-refractivity contribution in [2.75, 3.05) is 0 Å². The van der Waals surface area contributed by atoms with Gasteiger partial charge in [0.15, 0.2) is 11.6 Å². The minimum atomic E-state index is -0.110. The molecular weight excluding hydrogens is 236 g/mol. The maximum absolute atomic E-state index is 12.3. The van der Waals surface area contributed by atoms with Crippen molar-refractivity contribution in [3.63, 3.8) is 0 Å². The number of hydrogen-bond acceptors (Lipinski definition) is 2. The first kappa shape index (κ1) is 14.8. The highest BCUT2D eigenvalue weighted by Gasteiger charge is 2.15. The summed E-state index contributed by atoms with van der Waals surface area (Å²) in [6.45, 7) is 3.44. The fraction of sp³-hybridized carbons (Fsp3) is 0.176. The van der Waals surface area contributed by atoms with Gasteiger partial charge in [-0.3, -0.25) is 9.59 Å². The lowest BCUT2D eigenvalue weighted by Gasteiger charge is -2.06. The number of Topliss-reactive ketones (excluding diaryl/α,β-unsaturated/α-hetero) is 1. The van der Waals surface area contributed by atoms with Crippen LogP contribution in [0.2, 0.25) is 0 Å². The topological polar surface area (TPSA) is 34.1 Å². The fourth-order valence-corrected chi connectivity index (χ4v) is 1.85. The Hall–Kier alpha value is -2.22. The van der Waals surface area contributed by atoms with E-state index in [1.54, 1.807) is 36.4 Å². The molecule has 0 unspecified atom stereocenters. The average Bonchev–Trinajstić information content (AvgIpc) is 2.39. The zero-order valence-electron chi connectivity index (χ0n) is 10.4. The Morgan fingerprint density at radius 2 is 1.37 bits per heavy atom. The first-order valence-electron chi connectivity index (χ1n) is 5.81. The molecule has 2 aromatic rings. The van der Waals surface area contributed by atoms with Crippen LogP contribution >= 0.6 is 0 Å². The van der Waals surface area contributed by atoms with Crippen molar-refractivity contribution in [3.05, 3.63) is 70.8 Å². The molecule has 0 saturated carbocycles. The summed E-state index contributed by atoms with van der Waals surface area (Å²) < 4.78 is 0. The molecule has 0 N–H and O–H groups in total. The van der Waals surface area contributed by atoms with Crippen LogP contribution in [0.5, 0.6) is 0 Å². The fourth-order valence-electron chi connectivity index (χ4n) is 1.85. The summed E-state index contributed by atoms with van der Waals surface area (Å²) in [5.74, 6) is -0.202. The van der Waals surface area contributed by atoms with Crippen LogP contribution in [0.4, 0.5) is 0 Å². The molecule has 0 atom stereocenters. The number of carbonyl (C=O) groups excluding carboxylic acids is 2. The summed E-state index contributed by atoms with van der Waals surface area (Å²) >= 11 is 0. The highest BCUT2D eigenvalue weighted by Crippen LogP contribution is 2.15. The second kappa shape index (κ2) is 6.10. The lowest BCUT2D eigenvalue weighted by molar-refractivity contribution is 0.0990. The van der Waals surface area contributed by atoms with E-state index in [0.29, 0.717) is 16.7 Å². The lowest BCUT2D eigenvalue weighted by atomic mass is 9.96. The normalized spacial score (nSPS) is 9.58. The molecule has 0 heterocycles. The van der Waals surface area contributed by atoms with E-state index in [9.17, 15) is 9.59 Å². The SMILES string of the molecule is C.CC(=O)c1ccccc1C(=O)c1ccc(C)cc1. The molecule has 0 spiro atoms. The molecule has 0 aliphatic rings. The van der Waals surface area contributed by atoms with Gasteiger partial charge in [0, 0.05) is 16.7 Å². The molecule has 2 aromatic carbocycles. The van der Waals surface area contributed by atoms with Crippen LogP contribution in [0.15, 0.2) is 48.5 Å². The highest BCUT2D eigenvalue weighted by molar-refractivity contribution is 6.15. The molecule has 0 radical (unpaired) electrons. The van der Waals surface area contributed by atoms with Crippen molar-refractivity contribution < 1.29 is 9.59 Å². The monoisotopic (exact) mass is 254 g/mol. The molecular formula is C17H18O2. The molecule has 0 saturated heterocycles. The van der Waals surface area contributed by atoms with Crippen LogP contribution in [-0.4, -0.2) is 11.6 Å². The summed E-state index contributed by atoms with van der Waals surface area (Å²) in [6, 6.07) is 14.3. The molecule has 2 heteroatoms. The van der Waals surface area contributed by atoms with E-state index in [-0.39, 0.29) is 19.0 Å². The van der Waals surface area contributed by atoms with Gasteiger partial charge in [-0.05, 0) is 13.8 Å². The maximum atomic E-state index is 12.3. The third kappa shape index (κ3) is 3.16. The molecule has 98 valence electrons. The zero-order valence-corrected chi connectivity index (χ0v) is 10.4. The molecule has 2 nitrogen and oxygen atoms in total. The highest BCUT2D eigenvalue weighted by atomic mass is 16.1. The lowest BCUT2D eigenvalue weighted by Crippen LogP contribution is -2.08. The Morgan fingerprint density at radius 1 is 0.842 bits per heavy atom. The van der Waals surface area contributed by atoms with E-state index in [1.807, 2.05) is 19.1 Å². The van der Waals surface area contributed by atoms with Crippen molar-refractivity contribution in [1.82, 2.24) is 0 Å². The predicted octanol–water partition coefficient (Wildman–Crippen LogP) is 4.06. The molecule has 0 aliphatic heterocycles. The first-order chi connectivity index (χ1) is 8.59. The Labute approximate surface area is 114 Å². The minimum absolute atomic E-state index is 0. The molecule has 19 heavy (non-hydrogen) atoms. The van der Waals surface area contributed by atoms with E-state index < -0.39 is 0 Å². The van der Waals surface area contributed by atoms with Crippen molar-refractivity contribution >= 4 is 11.6 Å². The summed E-state index contributed by atoms with van der Waals surface area (Å²) in [5, 5.41) is 0. The van der Waals surface area contributed by atoms with Crippen molar-refractivity contribution in [2.45, 2.75) is 21.3 Å². The Morgan fingerprint density at radius 3 is 1.89 bits per heavy atom. The van der Waals surface area contributed by atoms with Gasteiger partial charge in [0.1, 0.15) is 0 Å². The van der Waals surface area contributed by atoms with E-state index in [4.69, 9.17) is 0 Å². The van der Waals surface area contributed by atoms with Gasteiger partial charge in [-0.15, -0.1) is 0 Å². The van der Waals surface area contributed by atoms with Gasteiger partial charge >= 0.3 is 0 Å². The van der Waals surface area contributed by atoms with Crippen LogP contribution < -0.4 is 0 Å². The van der Waals surface area contributed by atoms with Gasteiger partial charge in [0.25, 0.3) is 0 Å². The van der Waals surface area contributed by atoms with Crippen LogP contribution in [0.1, 0.15) is 46.2 Å². The Bertz CT molecular complexity index is 595. The number of hydrogen-bond donors (Lipinski definition) is 0. The summed E-state index contributed by atoms with van der Waals surface area (Å²) in [5.41, 5.74) is 2.65. The molecule has 0 bridgehead atoms. The zero-order chi connectivity index (χ0) is 13.1. The first-order valence-corrected chi connectivity index (χ1v) is 5.81. The number of benzene rings is 2. The molecule has 0 fully saturated rings. The van der Waals surface area contributed by atoms with Gasteiger partial charge < -0.3 is 0 Å². The van der Waals surface area contributed by atoms with Crippen LogP contribution in [-0.2, 0) is 0 Å². The number of aryl methyl sites for hydroxylation is 1. The molecule has 2 rings (SSSR count). The Kier molecular flexibility index (Phi) is 4.76. The van der Waals surface area contributed by atoms with Gasteiger partial charge in [0.2, 0.25) is 0 Å². The average molecular weight is 254 g/mol. The van der Waals surface area contributed by atoms with Crippen LogP contribution in [0.25, 0.3) is 0 Å².